The van der Waals surface area contributed by atoms with Crippen molar-refractivity contribution in [2.45, 2.75) is 13.5 Å². The Morgan fingerprint density at radius 3 is 2.43 bits per heavy atom. The van der Waals surface area contributed by atoms with Gasteiger partial charge >= 0.3 is 5.97 Å². The Bertz CT molecular complexity index is 1390. The van der Waals surface area contributed by atoms with Gasteiger partial charge in [-0.25, -0.2) is 4.79 Å². The minimum Gasteiger partial charge on any atom is -0.497 e. The largest absolute Gasteiger partial charge is 0.497 e. The van der Waals surface area contributed by atoms with E-state index >= 15 is 0 Å². The molecule has 1 aliphatic heterocycles. The molecule has 3 aromatic carbocycles. The number of ether oxygens (including phenoxy) is 3. The van der Waals surface area contributed by atoms with E-state index in [2.05, 4.69) is 31.9 Å². The van der Waals surface area contributed by atoms with Crippen molar-refractivity contribution >= 4 is 66.8 Å². The molecule has 1 aliphatic rings. The van der Waals surface area contributed by atoms with E-state index in [1.807, 2.05) is 31.2 Å². The van der Waals surface area contributed by atoms with Crippen LogP contribution in [0.4, 0.5) is 4.79 Å². The molecular weight excluding hydrogens is 626 g/mol. The van der Waals surface area contributed by atoms with Gasteiger partial charge in [0.2, 0.25) is 0 Å². The summed E-state index contributed by atoms with van der Waals surface area (Å²) in [6.45, 7) is 2.30. The minimum atomic E-state index is -0.565. The highest BCUT2D eigenvalue weighted by Gasteiger charge is 2.35. The number of thioether (sulfide) groups is 1. The number of imide groups is 1. The summed E-state index contributed by atoms with van der Waals surface area (Å²) in [4.78, 5) is 39.9. The Balaban J connectivity index is 1.58. The molecular formula is C27H21Br2NO6S. The first-order valence-electron chi connectivity index (χ1n) is 11.1. The second-order valence-corrected chi connectivity index (χ2v) is 10.4. The molecule has 10 heteroatoms. The van der Waals surface area contributed by atoms with Gasteiger partial charge in [-0.1, -0.05) is 34.1 Å². The SMILES string of the molecule is CCOc1cc(/C=C2\SC(=O)N(Cc3ccccc3Br)C2=O)cc(Br)c1OC(=O)c1ccc(OC)cc1. The molecule has 37 heavy (non-hydrogen) atoms. The van der Waals surface area contributed by atoms with Crippen molar-refractivity contribution in [3.63, 3.8) is 0 Å². The zero-order valence-electron chi connectivity index (χ0n) is 19.8. The van der Waals surface area contributed by atoms with Gasteiger partial charge in [-0.15, -0.1) is 0 Å². The number of carbonyl (C=O) groups excluding carboxylic acids is 3. The summed E-state index contributed by atoms with van der Waals surface area (Å²) in [6.07, 6.45) is 1.62. The van der Waals surface area contributed by atoms with Crippen LogP contribution in [0.2, 0.25) is 0 Å². The molecule has 0 N–H and O–H groups in total. The lowest BCUT2D eigenvalue weighted by Gasteiger charge is -2.14. The summed E-state index contributed by atoms with van der Waals surface area (Å²) in [5.74, 6) is 0.206. The van der Waals surface area contributed by atoms with Crippen molar-refractivity contribution in [3.8, 4) is 17.2 Å². The summed E-state index contributed by atoms with van der Waals surface area (Å²) in [5, 5.41) is -0.346. The number of amides is 2. The monoisotopic (exact) mass is 645 g/mol. The predicted molar refractivity (Wildman–Crippen MR) is 149 cm³/mol. The van der Waals surface area contributed by atoms with Gasteiger partial charge in [0.1, 0.15) is 5.75 Å². The minimum absolute atomic E-state index is 0.164. The topological polar surface area (TPSA) is 82.1 Å². The zero-order valence-corrected chi connectivity index (χ0v) is 23.8. The number of hydrogen-bond acceptors (Lipinski definition) is 7. The zero-order chi connectivity index (χ0) is 26.5. The molecule has 7 nitrogen and oxygen atoms in total. The number of halogens is 2. The first kappa shape index (κ1) is 27.0. The van der Waals surface area contributed by atoms with Gasteiger partial charge in [-0.2, -0.15) is 0 Å². The van der Waals surface area contributed by atoms with Gasteiger partial charge in [0, 0.05) is 4.47 Å². The van der Waals surface area contributed by atoms with Crippen molar-refractivity contribution in [1.29, 1.82) is 0 Å². The smallest absolute Gasteiger partial charge is 0.343 e. The average Bonchev–Trinajstić information content (AvgIpc) is 3.14. The number of hydrogen-bond donors (Lipinski definition) is 0. The van der Waals surface area contributed by atoms with E-state index in [9.17, 15) is 14.4 Å². The molecule has 0 bridgehead atoms. The fourth-order valence-corrected chi connectivity index (χ4v) is 5.29. The van der Waals surface area contributed by atoms with Crippen LogP contribution in [0.5, 0.6) is 17.2 Å². The number of carbonyl (C=O) groups is 3. The van der Waals surface area contributed by atoms with Crippen molar-refractivity contribution < 1.29 is 28.6 Å². The predicted octanol–water partition coefficient (Wildman–Crippen LogP) is 7.07. The Morgan fingerprint density at radius 1 is 1.03 bits per heavy atom. The van der Waals surface area contributed by atoms with Crippen molar-refractivity contribution in [2.24, 2.45) is 0 Å². The molecule has 0 unspecified atom stereocenters. The van der Waals surface area contributed by atoms with Crippen LogP contribution in [0, 0.1) is 0 Å². The highest BCUT2D eigenvalue weighted by Crippen LogP contribution is 2.40. The number of methoxy groups -OCH3 is 1. The van der Waals surface area contributed by atoms with Crippen LogP contribution in [0.15, 0.2) is 74.5 Å². The van der Waals surface area contributed by atoms with Crippen molar-refractivity contribution in [1.82, 2.24) is 4.90 Å². The number of benzene rings is 3. The number of rotatable bonds is 8. The molecule has 0 aromatic heterocycles. The van der Waals surface area contributed by atoms with E-state index in [0.29, 0.717) is 33.7 Å². The van der Waals surface area contributed by atoms with Crippen LogP contribution in [0.25, 0.3) is 6.08 Å². The van der Waals surface area contributed by atoms with Gasteiger partial charge in [-0.3, -0.25) is 14.5 Å². The molecule has 0 radical (unpaired) electrons. The molecule has 0 spiro atoms. The quantitative estimate of drug-likeness (QED) is 0.147. The van der Waals surface area contributed by atoms with Crippen molar-refractivity contribution in [3.05, 3.63) is 91.2 Å². The van der Waals surface area contributed by atoms with Crippen LogP contribution >= 0.6 is 43.6 Å². The Kier molecular flexibility index (Phi) is 8.73. The average molecular weight is 647 g/mol. The first-order valence-corrected chi connectivity index (χ1v) is 13.5. The van der Waals surface area contributed by atoms with E-state index in [-0.39, 0.29) is 28.3 Å². The molecule has 2 amide bonds. The molecule has 3 aromatic rings. The molecule has 1 saturated heterocycles. The third kappa shape index (κ3) is 6.26. The lowest BCUT2D eigenvalue weighted by atomic mass is 10.1. The summed E-state index contributed by atoms with van der Waals surface area (Å²) >= 11 is 7.78. The van der Waals surface area contributed by atoms with Crippen LogP contribution in [-0.2, 0) is 11.3 Å². The fraction of sp³-hybridized carbons (Fsp3) is 0.148. The Morgan fingerprint density at radius 2 is 1.76 bits per heavy atom. The second-order valence-electron chi connectivity index (χ2n) is 7.74. The van der Waals surface area contributed by atoms with E-state index in [0.717, 1.165) is 21.8 Å². The van der Waals surface area contributed by atoms with Crippen LogP contribution in [0.3, 0.4) is 0 Å². The van der Waals surface area contributed by atoms with E-state index in [4.69, 9.17) is 14.2 Å². The third-order valence-electron chi connectivity index (χ3n) is 5.31. The van der Waals surface area contributed by atoms with Gasteiger partial charge in [0.25, 0.3) is 11.1 Å². The molecule has 0 aliphatic carbocycles. The normalized spacial score (nSPS) is 14.3. The van der Waals surface area contributed by atoms with E-state index in [1.54, 1.807) is 49.6 Å². The Hall–Kier alpha value is -3.08. The maximum atomic E-state index is 13.0. The molecule has 1 heterocycles. The maximum absolute atomic E-state index is 13.0. The lowest BCUT2D eigenvalue weighted by Crippen LogP contribution is -2.27. The van der Waals surface area contributed by atoms with Gasteiger partial charge < -0.3 is 14.2 Å². The highest BCUT2D eigenvalue weighted by atomic mass is 79.9. The van der Waals surface area contributed by atoms with Crippen LogP contribution in [0.1, 0.15) is 28.4 Å². The summed E-state index contributed by atoms with van der Waals surface area (Å²) in [7, 11) is 1.54. The van der Waals surface area contributed by atoms with Crippen LogP contribution < -0.4 is 14.2 Å². The van der Waals surface area contributed by atoms with E-state index < -0.39 is 5.97 Å². The van der Waals surface area contributed by atoms with Gasteiger partial charge in [0.05, 0.1) is 35.2 Å². The number of esters is 1. The van der Waals surface area contributed by atoms with Gasteiger partial charge in [0.15, 0.2) is 11.5 Å². The van der Waals surface area contributed by atoms with E-state index in [1.165, 1.54) is 4.90 Å². The molecule has 1 fully saturated rings. The summed E-state index contributed by atoms with van der Waals surface area (Å²) in [5.41, 5.74) is 1.78. The molecule has 190 valence electrons. The fourth-order valence-electron chi connectivity index (χ4n) is 3.50. The first-order chi connectivity index (χ1) is 17.8. The van der Waals surface area contributed by atoms with Crippen molar-refractivity contribution in [2.75, 3.05) is 13.7 Å². The standard InChI is InChI=1S/C27H21Br2NO6S/c1-3-35-22-13-16(12-21(29)24(22)36-26(32)17-8-10-19(34-2)11-9-17)14-23-25(31)30(27(33)37-23)15-18-6-4-5-7-20(18)28/h4-14H,3,15H2,1-2H3/b23-14-. The number of nitrogens with zero attached hydrogens (tertiary/aromatic N) is 1. The maximum Gasteiger partial charge on any atom is 0.343 e. The Labute approximate surface area is 235 Å². The summed E-state index contributed by atoms with van der Waals surface area (Å²) in [6, 6.07) is 17.3. The highest BCUT2D eigenvalue weighted by molar-refractivity contribution is 9.10. The molecule has 0 saturated carbocycles. The lowest BCUT2D eigenvalue weighted by molar-refractivity contribution is -0.123. The van der Waals surface area contributed by atoms with Crippen LogP contribution in [-0.4, -0.2) is 35.7 Å². The molecule has 4 rings (SSSR count). The third-order valence-corrected chi connectivity index (χ3v) is 7.58. The van der Waals surface area contributed by atoms with Gasteiger partial charge in [-0.05, 0) is 94.3 Å². The molecule has 0 atom stereocenters. The second kappa shape index (κ2) is 12.0. The summed E-state index contributed by atoms with van der Waals surface area (Å²) < 4.78 is 17.8.